The van der Waals surface area contributed by atoms with Gasteiger partial charge in [0.15, 0.2) is 11.6 Å². The minimum Gasteiger partial charge on any atom is -0.490 e. The molecular formula is C19H18F2N2O2. The fourth-order valence-electron chi connectivity index (χ4n) is 2.41. The van der Waals surface area contributed by atoms with Gasteiger partial charge in [-0.2, -0.15) is 5.26 Å². The van der Waals surface area contributed by atoms with E-state index in [2.05, 4.69) is 6.07 Å². The first-order chi connectivity index (χ1) is 12.0. The van der Waals surface area contributed by atoms with E-state index in [1.165, 1.54) is 0 Å². The van der Waals surface area contributed by atoms with Gasteiger partial charge in [0.25, 0.3) is 5.91 Å². The summed E-state index contributed by atoms with van der Waals surface area (Å²) in [6.45, 7) is 0.258. The molecule has 2 rings (SSSR count). The van der Waals surface area contributed by atoms with Crippen LogP contribution in [-0.2, 0) is 6.42 Å². The normalized spacial score (nSPS) is 10.3. The Hall–Kier alpha value is -2.94. The molecule has 0 heterocycles. The van der Waals surface area contributed by atoms with Gasteiger partial charge in [-0.1, -0.05) is 12.1 Å². The molecule has 0 fully saturated rings. The zero-order chi connectivity index (χ0) is 18.2. The Morgan fingerprint density at radius 3 is 2.44 bits per heavy atom. The second-order valence-electron chi connectivity index (χ2n) is 5.57. The number of halogens is 2. The van der Waals surface area contributed by atoms with Crippen molar-refractivity contribution in [2.45, 2.75) is 25.7 Å². The highest BCUT2D eigenvalue weighted by molar-refractivity contribution is 5.93. The number of unbranched alkanes of at least 4 members (excludes halogenated alkanes) is 2. The molecule has 0 aliphatic carbocycles. The summed E-state index contributed by atoms with van der Waals surface area (Å²) in [7, 11) is 0. The van der Waals surface area contributed by atoms with Gasteiger partial charge in [0.05, 0.1) is 18.2 Å². The highest BCUT2D eigenvalue weighted by Gasteiger charge is 2.18. The minimum absolute atomic E-state index is 0.178. The fraction of sp³-hybridized carbons (Fsp3) is 0.263. The van der Waals surface area contributed by atoms with Crippen LogP contribution >= 0.6 is 0 Å². The number of hydrogen-bond acceptors (Lipinski definition) is 3. The first kappa shape index (κ1) is 18.4. The Kier molecular flexibility index (Phi) is 6.47. The van der Waals surface area contributed by atoms with E-state index < -0.39 is 23.1 Å². The molecule has 0 unspecified atom stereocenters. The van der Waals surface area contributed by atoms with E-state index in [1.54, 1.807) is 12.1 Å². The van der Waals surface area contributed by atoms with E-state index >= 15 is 0 Å². The number of carbonyl (C=O) groups excluding carboxylic acids is 1. The lowest BCUT2D eigenvalue weighted by Gasteiger charge is -2.09. The molecule has 4 nitrogen and oxygen atoms in total. The van der Waals surface area contributed by atoms with Gasteiger partial charge >= 0.3 is 0 Å². The van der Waals surface area contributed by atoms with Gasteiger partial charge in [-0.05, 0) is 55.5 Å². The molecule has 1 amide bonds. The molecule has 0 spiro atoms. The lowest BCUT2D eigenvalue weighted by Crippen LogP contribution is -2.16. The summed E-state index contributed by atoms with van der Waals surface area (Å²) >= 11 is 0. The van der Waals surface area contributed by atoms with E-state index in [1.807, 2.05) is 12.1 Å². The summed E-state index contributed by atoms with van der Waals surface area (Å²) in [5.41, 5.74) is 5.96. The Morgan fingerprint density at radius 2 is 1.80 bits per heavy atom. The van der Waals surface area contributed by atoms with E-state index in [0.29, 0.717) is 12.0 Å². The molecule has 0 aromatic heterocycles. The molecule has 0 bridgehead atoms. The molecule has 2 N–H and O–H groups in total. The quantitative estimate of drug-likeness (QED) is 0.741. The molecule has 2 aromatic rings. The van der Waals surface area contributed by atoms with Crippen LogP contribution in [0.2, 0.25) is 0 Å². The van der Waals surface area contributed by atoms with Gasteiger partial charge in [0.2, 0.25) is 0 Å². The Bertz CT molecular complexity index is 783. The summed E-state index contributed by atoms with van der Waals surface area (Å²) in [4.78, 5) is 11.1. The monoisotopic (exact) mass is 344 g/mol. The van der Waals surface area contributed by atoms with Crippen LogP contribution in [0.25, 0.3) is 0 Å². The number of ether oxygens (including phenoxy) is 1. The van der Waals surface area contributed by atoms with Crippen LogP contribution in [0.5, 0.6) is 5.75 Å². The second kappa shape index (κ2) is 8.78. The highest BCUT2D eigenvalue weighted by atomic mass is 19.1. The van der Waals surface area contributed by atoms with Crippen LogP contribution in [-0.4, -0.2) is 12.5 Å². The van der Waals surface area contributed by atoms with E-state index in [0.717, 1.165) is 37.0 Å². The molecule has 0 saturated heterocycles. The van der Waals surface area contributed by atoms with Crippen molar-refractivity contribution >= 4 is 5.91 Å². The number of primary amides is 1. The number of nitriles is 1. The molecule has 0 aliphatic rings. The average Bonchev–Trinajstić information content (AvgIpc) is 2.60. The smallest absolute Gasteiger partial charge is 0.254 e. The van der Waals surface area contributed by atoms with Gasteiger partial charge in [0, 0.05) is 0 Å². The van der Waals surface area contributed by atoms with Gasteiger partial charge in [-0.25, -0.2) is 8.78 Å². The zero-order valence-corrected chi connectivity index (χ0v) is 13.6. The predicted molar refractivity (Wildman–Crippen MR) is 89.1 cm³/mol. The number of nitrogens with two attached hydrogens (primary N) is 1. The van der Waals surface area contributed by atoms with Crippen molar-refractivity contribution in [1.82, 2.24) is 0 Å². The first-order valence-corrected chi connectivity index (χ1v) is 7.92. The Morgan fingerprint density at radius 1 is 1.08 bits per heavy atom. The third kappa shape index (κ3) is 5.01. The molecule has 0 radical (unpaired) electrons. The number of amides is 1. The van der Waals surface area contributed by atoms with E-state index in [9.17, 15) is 13.6 Å². The first-order valence-electron chi connectivity index (χ1n) is 7.92. The van der Waals surface area contributed by atoms with Crippen molar-refractivity contribution in [2.24, 2.45) is 5.73 Å². The van der Waals surface area contributed by atoms with Crippen molar-refractivity contribution in [2.75, 3.05) is 6.61 Å². The summed E-state index contributed by atoms with van der Waals surface area (Å²) in [5.74, 6) is -3.41. The molecule has 0 saturated carbocycles. The second-order valence-corrected chi connectivity index (χ2v) is 5.57. The number of benzene rings is 2. The molecule has 2 aromatic carbocycles. The molecule has 0 aliphatic heterocycles. The maximum atomic E-state index is 14.0. The van der Waals surface area contributed by atoms with Crippen LogP contribution in [0.3, 0.4) is 0 Å². The SMILES string of the molecule is N#Cc1ccc(CCCCCOc2ccc(F)c(C(N)=O)c2F)cc1. The van der Waals surface area contributed by atoms with Crippen LogP contribution in [0.15, 0.2) is 36.4 Å². The lowest BCUT2D eigenvalue weighted by atomic mass is 10.1. The Labute approximate surface area is 144 Å². The van der Waals surface area contributed by atoms with Crippen molar-refractivity contribution in [3.8, 4) is 11.8 Å². The maximum Gasteiger partial charge on any atom is 0.254 e. The zero-order valence-electron chi connectivity index (χ0n) is 13.6. The van der Waals surface area contributed by atoms with Crippen LogP contribution in [0, 0.1) is 23.0 Å². The number of aryl methyl sites for hydroxylation is 1. The average molecular weight is 344 g/mol. The van der Waals surface area contributed by atoms with Crippen LogP contribution in [0.1, 0.15) is 40.7 Å². The molecule has 130 valence electrons. The largest absolute Gasteiger partial charge is 0.490 e. The number of rotatable bonds is 8. The number of carbonyl (C=O) groups is 1. The van der Waals surface area contributed by atoms with Crippen molar-refractivity contribution in [3.05, 3.63) is 64.7 Å². The summed E-state index contributed by atoms with van der Waals surface area (Å²) in [5, 5.41) is 8.74. The third-order valence-electron chi connectivity index (χ3n) is 3.75. The molecular weight excluding hydrogens is 326 g/mol. The van der Waals surface area contributed by atoms with Crippen molar-refractivity contribution in [3.63, 3.8) is 0 Å². The molecule has 0 atom stereocenters. The summed E-state index contributed by atoms with van der Waals surface area (Å²) < 4.78 is 32.6. The topological polar surface area (TPSA) is 76.1 Å². The maximum absolute atomic E-state index is 14.0. The summed E-state index contributed by atoms with van der Waals surface area (Å²) in [6.07, 6.45) is 3.36. The van der Waals surface area contributed by atoms with Crippen LogP contribution in [0.4, 0.5) is 8.78 Å². The Balaban J connectivity index is 1.75. The van der Waals surface area contributed by atoms with Gasteiger partial charge in [-0.15, -0.1) is 0 Å². The number of nitrogens with zero attached hydrogens (tertiary/aromatic N) is 1. The highest BCUT2D eigenvalue weighted by Crippen LogP contribution is 2.23. The number of hydrogen-bond donors (Lipinski definition) is 1. The van der Waals surface area contributed by atoms with Crippen molar-refractivity contribution in [1.29, 1.82) is 5.26 Å². The molecule has 6 heteroatoms. The third-order valence-corrected chi connectivity index (χ3v) is 3.75. The van der Waals surface area contributed by atoms with Gasteiger partial charge in [0.1, 0.15) is 11.4 Å². The van der Waals surface area contributed by atoms with E-state index in [4.69, 9.17) is 15.7 Å². The van der Waals surface area contributed by atoms with Crippen LogP contribution < -0.4 is 10.5 Å². The lowest BCUT2D eigenvalue weighted by molar-refractivity contribution is 0.0991. The minimum atomic E-state index is -1.16. The predicted octanol–water partition coefficient (Wildman–Crippen LogP) is 3.73. The summed E-state index contributed by atoms with van der Waals surface area (Å²) in [6, 6.07) is 11.6. The van der Waals surface area contributed by atoms with Crippen molar-refractivity contribution < 1.29 is 18.3 Å². The van der Waals surface area contributed by atoms with Gasteiger partial charge < -0.3 is 10.5 Å². The fourth-order valence-corrected chi connectivity index (χ4v) is 2.41. The molecule has 25 heavy (non-hydrogen) atoms. The van der Waals surface area contributed by atoms with Gasteiger partial charge in [-0.3, -0.25) is 4.79 Å². The standard InChI is InChI=1S/C19H18F2N2O2/c20-15-9-10-16(18(21)17(15)19(23)24)25-11-3-1-2-4-13-5-7-14(12-22)8-6-13/h5-10H,1-4,11H2,(H2,23,24). The van der Waals surface area contributed by atoms with E-state index in [-0.39, 0.29) is 12.4 Å².